The summed E-state index contributed by atoms with van der Waals surface area (Å²) < 4.78 is 0. The van der Waals surface area contributed by atoms with Gasteiger partial charge in [0.25, 0.3) is 14.1 Å². The molecule has 0 aliphatic carbocycles. The Labute approximate surface area is 190 Å². The first-order chi connectivity index (χ1) is 11.7. The molecule has 2 heteroatoms. The van der Waals surface area contributed by atoms with E-state index in [4.69, 9.17) is 0 Å². The summed E-state index contributed by atoms with van der Waals surface area (Å²) >= 11 is -0.407. The molecule has 0 aliphatic rings. The predicted molar refractivity (Wildman–Crippen MR) is 129 cm³/mol. The fourth-order valence-electron chi connectivity index (χ4n) is 3.14. The van der Waals surface area contributed by atoms with Gasteiger partial charge in [-0.25, -0.2) is 0 Å². The molecule has 0 nitrogen and oxygen atoms in total. The van der Waals surface area contributed by atoms with Crippen LogP contribution in [0.5, 0.6) is 0 Å². The van der Waals surface area contributed by atoms with E-state index in [0.29, 0.717) is 0 Å². The van der Waals surface area contributed by atoms with Gasteiger partial charge in [-0.3, -0.25) is 0 Å². The van der Waals surface area contributed by atoms with Crippen LogP contribution in [0.2, 0.25) is 15.8 Å². The van der Waals surface area contributed by atoms with E-state index in [2.05, 4.69) is 69.2 Å². The van der Waals surface area contributed by atoms with Gasteiger partial charge in [0.2, 0.25) is 0 Å². The molecule has 0 unspecified atom stereocenters. The van der Waals surface area contributed by atoms with Gasteiger partial charge in [0.05, 0.1) is 0 Å². The quantitative estimate of drug-likeness (QED) is 0.177. The molecule has 0 fully saturated rings. The summed E-state index contributed by atoms with van der Waals surface area (Å²) in [7, 11) is 0. The Bertz CT molecular complexity index is 174. The van der Waals surface area contributed by atoms with Gasteiger partial charge < -0.3 is 13.8 Å². The van der Waals surface area contributed by atoms with Crippen LogP contribution in [0.25, 0.3) is 0 Å². The van der Waals surface area contributed by atoms with Crippen molar-refractivity contribution in [2.45, 2.75) is 123 Å². The molecule has 0 amide bonds. The number of unbranched alkanes of at least 4 members (excludes halogenated alkanes) is 6. The van der Waals surface area contributed by atoms with E-state index in [1.807, 2.05) is 0 Å². The summed E-state index contributed by atoms with van der Waals surface area (Å²) in [6.45, 7) is 26.1. The van der Waals surface area contributed by atoms with Crippen LogP contribution in [0, 0.1) is 31.6 Å². The molecule has 154 valence electrons. The predicted octanol–water partition coefficient (Wildman–Crippen LogP) is 8.87. The van der Waals surface area contributed by atoms with E-state index in [0.717, 1.165) is 30.6 Å². The van der Waals surface area contributed by atoms with Crippen molar-refractivity contribution in [3.05, 3.63) is 13.8 Å². The molecule has 0 aromatic heterocycles. The first kappa shape index (κ1) is 34.8. The summed E-state index contributed by atoms with van der Waals surface area (Å²) in [5, 5.41) is 4.66. The Balaban J connectivity index is -0.000000157. The monoisotopic (exact) mass is 392 g/mol. The van der Waals surface area contributed by atoms with Crippen molar-refractivity contribution in [2.75, 3.05) is 0 Å². The van der Waals surface area contributed by atoms with Gasteiger partial charge in [-0.1, -0.05) is 128 Å². The van der Waals surface area contributed by atoms with Gasteiger partial charge in [-0.15, -0.1) is 0 Å². The molecule has 0 aromatic rings. The van der Waals surface area contributed by atoms with Crippen LogP contribution in [0.3, 0.4) is 0 Å². The standard InChI is InChI=1S/2C6H13.3C4H9.Al.Mg/c2*1-3-5-6-4-2;3*1-4(2)3;;/h2*1,3-6H2,2H3;3*4H,1H2,2-3H3;;/q2*-1;;;;;+2. The van der Waals surface area contributed by atoms with Gasteiger partial charge in [-0.2, -0.15) is 12.8 Å². The molecular formula is C24H53AlMg. The second-order valence-corrected chi connectivity index (χ2v) is 12.0. The fourth-order valence-corrected chi connectivity index (χ4v) is 7.72. The van der Waals surface area contributed by atoms with E-state index in [1.165, 1.54) is 38.5 Å². The van der Waals surface area contributed by atoms with E-state index in [1.54, 1.807) is 15.8 Å². The summed E-state index contributed by atoms with van der Waals surface area (Å²) in [5.41, 5.74) is 0. The number of hydrogen-bond donors (Lipinski definition) is 0. The normalized spacial score (nSPS) is 10.0. The average molecular weight is 393 g/mol. The van der Waals surface area contributed by atoms with Crippen LogP contribution in [0.15, 0.2) is 0 Å². The number of hydrogen-bond acceptors (Lipinski definition) is 0. The van der Waals surface area contributed by atoms with Crippen molar-refractivity contribution >= 4 is 37.2 Å². The van der Waals surface area contributed by atoms with E-state index < -0.39 is 14.1 Å². The van der Waals surface area contributed by atoms with Crippen LogP contribution in [-0.2, 0) is 0 Å². The van der Waals surface area contributed by atoms with Gasteiger partial charge in [0.15, 0.2) is 0 Å². The Morgan fingerprint density at radius 3 is 0.962 bits per heavy atom. The smallest absolute Gasteiger partial charge is 0.343 e. The van der Waals surface area contributed by atoms with E-state index >= 15 is 0 Å². The molecule has 0 saturated heterocycles. The number of rotatable bonds is 12. The molecule has 0 atom stereocenters. The van der Waals surface area contributed by atoms with Crippen molar-refractivity contribution in [3.8, 4) is 0 Å². The Kier molecular flexibility index (Phi) is 38.1. The van der Waals surface area contributed by atoms with Crippen molar-refractivity contribution in [3.63, 3.8) is 0 Å². The first-order valence-electron chi connectivity index (χ1n) is 11.3. The second kappa shape index (κ2) is 28.5. The minimum atomic E-state index is -0.407. The van der Waals surface area contributed by atoms with Crippen LogP contribution >= 0.6 is 0 Å². The Hall–Kier alpha value is 1.30. The Morgan fingerprint density at radius 1 is 0.577 bits per heavy atom. The zero-order valence-electron chi connectivity index (χ0n) is 20.2. The maximum Gasteiger partial charge on any atom is 2.00 e. The Morgan fingerprint density at radius 2 is 0.846 bits per heavy atom. The van der Waals surface area contributed by atoms with Gasteiger partial charge >= 0.3 is 23.1 Å². The molecule has 0 heterocycles. The van der Waals surface area contributed by atoms with Crippen LogP contribution in [-0.4, -0.2) is 37.2 Å². The van der Waals surface area contributed by atoms with Gasteiger partial charge in [-0.05, 0) is 0 Å². The average Bonchev–Trinajstić information content (AvgIpc) is 2.50. The molecule has 0 aromatic carbocycles. The zero-order valence-corrected chi connectivity index (χ0v) is 22.8. The van der Waals surface area contributed by atoms with Crippen LogP contribution < -0.4 is 0 Å². The molecule has 26 heavy (non-hydrogen) atoms. The van der Waals surface area contributed by atoms with Crippen molar-refractivity contribution in [2.24, 2.45) is 17.8 Å². The first-order valence-corrected chi connectivity index (χ1v) is 13.8. The molecule has 0 saturated carbocycles. The molecule has 0 N–H and O–H groups in total. The summed E-state index contributed by atoms with van der Waals surface area (Å²) in [6, 6.07) is 0. The van der Waals surface area contributed by atoms with Crippen LogP contribution in [0.4, 0.5) is 0 Å². The van der Waals surface area contributed by atoms with Gasteiger partial charge in [0, 0.05) is 0 Å². The third-order valence-corrected chi connectivity index (χ3v) is 8.95. The maximum absolute atomic E-state index is 3.72. The molecular weight excluding hydrogens is 340 g/mol. The fraction of sp³-hybridized carbons (Fsp3) is 0.917. The van der Waals surface area contributed by atoms with Crippen LogP contribution in [0.1, 0.15) is 107 Å². The summed E-state index contributed by atoms with van der Waals surface area (Å²) in [6.07, 6.45) is 10.1. The van der Waals surface area contributed by atoms with E-state index in [-0.39, 0.29) is 23.1 Å². The second-order valence-electron chi connectivity index (χ2n) is 8.88. The molecule has 0 radical (unpaired) electrons. The minimum absolute atomic E-state index is 0. The maximum atomic E-state index is 3.72. The van der Waals surface area contributed by atoms with Gasteiger partial charge in [0.1, 0.15) is 0 Å². The molecule has 0 bridgehead atoms. The third-order valence-electron chi connectivity index (χ3n) is 4.12. The molecule has 0 rings (SSSR count). The zero-order chi connectivity index (χ0) is 20.1. The molecule has 0 aliphatic heterocycles. The summed E-state index contributed by atoms with van der Waals surface area (Å²) in [5.74, 6) is 2.78. The van der Waals surface area contributed by atoms with Crippen molar-refractivity contribution in [1.82, 2.24) is 0 Å². The van der Waals surface area contributed by atoms with Crippen molar-refractivity contribution < 1.29 is 0 Å². The third kappa shape index (κ3) is 40.1. The topological polar surface area (TPSA) is 0 Å². The largest absolute Gasteiger partial charge is 2.00 e. The van der Waals surface area contributed by atoms with Crippen molar-refractivity contribution in [1.29, 1.82) is 0 Å². The SMILES string of the molecule is CC(C)[CH2][Al]([CH2]C(C)C)[CH2]C(C)C.[CH2-]CCCCC.[CH2-]CCCCC.[Mg+2]. The molecule has 0 spiro atoms. The minimum Gasteiger partial charge on any atom is -0.343 e. The summed E-state index contributed by atoms with van der Waals surface area (Å²) in [4.78, 5) is 0. The van der Waals surface area contributed by atoms with E-state index in [9.17, 15) is 0 Å².